The first-order valence-corrected chi connectivity index (χ1v) is 7.83. The topological polar surface area (TPSA) is 77.8 Å². The molecule has 0 aliphatic rings. The Labute approximate surface area is 142 Å². The van der Waals surface area contributed by atoms with Crippen molar-refractivity contribution in [3.8, 4) is 23.0 Å². The summed E-state index contributed by atoms with van der Waals surface area (Å²) in [6, 6.07) is 15.6. The molecule has 0 amide bonds. The number of pyridine rings is 1. The first-order chi connectivity index (χ1) is 12.3. The van der Waals surface area contributed by atoms with Crippen LogP contribution in [0.15, 0.2) is 63.7 Å². The monoisotopic (exact) mass is 328 g/mol. The fourth-order valence-corrected chi connectivity index (χ4v) is 2.91. The molecule has 3 aromatic heterocycles. The van der Waals surface area contributed by atoms with Crippen LogP contribution >= 0.6 is 0 Å². The van der Waals surface area contributed by atoms with Crippen LogP contribution in [0.5, 0.6) is 0 Å². The van der Waals surface area contributed by atoms with E-state index in [0.29, 0.717) is 23.3 Å². The molecule has 0 radical (unpaired) electrons. The van der Waals surface area contributed by atoms with Crippen molar-refractivity contribution in [2.45, 2.75) is 6.92 Å². The number of oxazole rings is 1. The van der Waals surface area contributed by atoms with Gasteiger partial charge in [0, 0.05) is 24.1 Å². The van der Waals surface area contributed by atoms with E-state index in [-0.39, 0.29) is 0 Å². The van der Waals surface area contributed by atoms with Gasteiger partial charge in [0.25, 0.3) is 5.89 Å². The highest BCUT2D eigenvalue weighted by Gasteiger charge is 2.15. The third-order valence-electron chi connectivity index (χ3n) is 4.05. The van der Waals surface area contributed by atoms with Crippen molar-refractivity contribution in [3.05, 3.63) is 60.6 Å². The minimum absolute atomic E-state index is 0.392. The molecule has 25 heavy (non-hydrogen) atoms. The third kappa shape index (κ3) is 2.27. The van der Waals surface area contributed by atoms with Crippen molar-refractivity contribution in [1.82, 2.24) is 20.1 Å². The zero-order valence-electron chi connectivity index (χ0n) is 13.3. The lowest BCUT2D eigenvalue weighted by Gasteiger charge is -2.00. The van der Waals surface area contributed by atoms with Crippen molar-refractivity contribution in [2.75, 3.05) is 0 Å². The summed E-state index contributed by atoms with van der Waals surface area (Å²) in [5.41, 5.74) is 3.00. The fourth-order valence-electron chi connectivity index (χ4n) is 2.91. The first kappa shape index (κ1) is 13.9. The van der Waals surface area contributed by atoms with Crippen LogP contribution in [0.1, 0.15) is 5.89 Å². The van der Waals surface area contributed by atoms with Gasteiger partial charge in [-0.1, -0.05) is 29.4 Å². The highest BCUT2D eigenvalue weighted by atomic mass is 16.5. The standard InChI is InChI=1S/C19H12N4O2/c1-11-21-15-10-13(6-7-16(15)24-11)18-22-19(25-23-18)17-14-5-3-2-4-12(14)8-9-20-17/h2-10H,1H3. The second-order valence-corrected chi connectivity index (χ2v) is 5.72. The van der Waals surface area contributed by atoms with E-state index in [1.165, 1.54) is 0 Å². The van der Waals surface area contributed by atoms with Crippen LogP contribution in [0.25, 0.3) is 44.8 Å². The SMILES string of the molecule is Cc1nc2cc(-c3noc(-c4nccc5ccccc45)n3)ccc2o1. The number of nitrogens with zero attached hydrogens (tertiary/aromatic N) is 4. The molecular weight excluding hydrogens is 316 g/mol. The van der Waals surface area contributed by atoms with Gasteiger partial charge in [-0.2, -0.15) is 4.98 Å². The van der Waals surface area contributed by atoms with Gasteiger partial charge in [-0.15, -0.1) is 0 Å². The molecular formula is C19H12N4O2. The normalized spacial score (nSPS) is 11.4. The number of rotatable bonds is 2. The lowest BCUT2D eigenvalue weighted by atomic mass is 10.1. The van der Waals surface area contributed by atoms with E-state index >= 15 is 0 Å². The number of aryl methyl sites for hydroxylation is 1. The van der Waals surface area contributed by atoms with E-state index in [1.807, 2.05) is 55.5 Å². The molecule has 5 aromatic rings. The van der Waals surface area contributed by atoms with Crippen LogP contribution in [0.2, 0.25) is 0 Å². The first-order valence-electron chi connectivity index (χ1n) is 7.83. The van der Waals surface area contributed by atoms with Crippen molar-refractivity contribution in [2.24, 2.45) is 0 Å². The molecule has 0 N–H and O–H groups in total. The highest BCUT2D eigenvalue weighted by Crippen LogP contribution is 2.28. The fraction of sp³-hybridized carbons (Fsp3) is 0.0526. The maximum Gasteiger partial charge on any atom is 0.277 e. The number of benzene rings is 2. The second-order valence-electron chi connectivity index (χ2n) is 5.72. The lowest BCUT2D eigenvalue weighted by Crippen LogP contribution is -1.86. The number of hydrogen-bond donors (Lipinski definition) is 0. The molecule has 0 aliphatic carbocycles. The molecule has 2 aromatic carbocycles. The molecule has 0 atom stereocenters. The minimum Gasteiger partial charge on any atom is -0.441 e. The molecule has 0 saturated heterocycles. The van der Waals surface area contributed by atoms with Crippen LogP contribution in [0, 0.1) is 6.92 Å². The summed E-state index contributed by atoms with van der Waals surface area (Å²) in [5, 5.41) is 6.15. The Bertz CT molecular complexity index is 1220. The van der Waals surface area contributed by atoms with Crippen LogP contribution in [0.3, 0.4) is 0 Å². The molecule has 6 heteroatoms. The van der Waals surface area contributed by atoms with Crippen LogP contribution in [-0.2, 0) is 0 Å². The van der Waals surface area contributed by atoms with E-state index < -0.39 is 0 Å². The van der Waals surface area contributed by atoms with Gasteiger partial charge in [-0.3, -0.25) is 4.98 Å². The summed E-state index contributed by atoms with van der Waals surface area (Å²) in [4.78, 5) is 13.3. The Balaban J connectivity index is 1.62. The van der Waals surface area contributed by atoms with E-state index in [1.54, 1.807) is 6.20 Å². The summed E-state index contributed by atoms with van der Waals surface area (Å²) >= 11 is 0. The zero-order chi connectivity index (χ0) is 16.8. The summed E-state index contributed by atoms with van der Waals surface area (Å²) in [6.45, 7) is 1.82. The lowest BCUT2D eigenvalue weighted by molar-refractivity contribution is 0.431. The van der Waals surface area contributed by atoms with Crippen molar-refractivity contribution in [1.29, 1.82) is 0 Å². The van der Waals surface area contributed by atoms with E-state index in [4.69, 9.17) is 8.94 Å². The molecule has 3 heterocycles. The van der Waals surface area contributed by atoms with Gasteiger partial charge in [0.15, 0.2) is 11.5 Å². The van der Waals surface area contributed by atoms with Gasteiger partial charge in [0.05, 0.1) is 0 Å². The predicted molar refractivity (Wildman–Crippen MR) is 92.8 cm³/mol. The van der Waals surface area contributed by atoms with Gasteiger partial charge in [-0.25, -0.2) is 4.98 Å². The Morgan fingerprint density at radius 2 is 1.88 bits per heavy atom. The Hall–Kier alpha value is -3.54. The van der Waals surface area contributed by atoms with Crippen LogP contribution < -0.4 is 0 Å². The van der Waals surface area contributed by atoms with Crippen molar-refractivity contribution < 1.29 is 8.94 Å². The summed E-state index contributed by atoms with van der Waals surface area (Å²) in [5.74, 6) is 1.51. The maximum absolute atomic E-state index is 5.50. The highest BCUT2D eigenvalue weighted by molar-refractivity contribution is 5.92. The molecule has 120 valence electrons. The van der Waals surface area contributed by atoms with Gasteiger partial charge in [0.1, 0.15) is 11.2 Å². The average Bonchev–Trinajstić information content (AvgIpc) is 3.26. The molecule has 0 aliphatic heterocycles. The minimum atomic E-state index is 0.392. The molecule has 0 saturated carbocycles. The zero-order valence-corrected chi connectivity index (χ0v) is 13.3. The number of hydrogen-bond acceptors (Lipinski definition) is 6. The quantitative estimate of drug-likeness (QED) is 0.478. The summed E-state index contributed by atoms with van der Waals surface area (Å²) in [6.07, 6.45) is 1.74. The van der Waals surface area contributed by atoms with Crippen molar-refractivity contribution >= 4 is 21.9 Å². The largest absolute Gasteiger partial charge is 0.441 e. The van der Waals surface area contributed by atoms with Gasteiger partial charge in [-0.05, 0) is 29.7 Å². The smallest absolute Gasteiger partial charge is 0.277 e. The van der Waals surface area contributed by atoms with Gasteiger partial charge in [0.2, 0.25) is 5.82 Å². The van der Waals surface area contributed by atoms with E-state index in [2.05, 4.69) is 20.1 Å². The Morgan fingerprint density at radius 1 is 0.960 bits per heavy atom. The third-order valence-corrected chi connectivity index (χ3v) is 4.05. The summed E-state index contributed by atoms with van der Waals surface area (Å²) < 4.78 is 11.0. The number of aromatic nitrogens is 4. The maximum atomic E-state index is 5.50. The molecule has 5 rings (SSSR count). The molecule has 0 fully saturated rings. The van der Waals surface area contributed by atoms with Crippen LogP contribution in [0.4, 0.5) is 0 Å². The second kappa shape index (κ2) is 5.24. The Morgan fingerprint density at radius 3 is 2.84 bits per heavy atom. The Kier molecular flexibility index (Phi) is 2.90. The predicted octanol–water partition coefficient (Wildman–Crippen LogP) is 4.40. The van der Waals surface area contributed by atoms with Gasteiger partial charge >= 0.3 is 0 Å². The van der Waals surface area contributed by atoms with Gasteiger partial charge < -0.3 is 8.94 Å². The summed E-state index contributed by atoms with van der Waals surface area (Å²) in [7, 11) is 0. The molecule has 0 spiro atoms. The van der Waals surface area contributed by atoms with E-state index in [0.717, 1.165) is 27.4 Å². The molecule has 0 unspecified atom stereocenters. The number of fused-ring (bicyclic) bond motifs is 2. The van der Waals surface area contributed by atoms with Crippen molar-refractivity contribution in [3.63, 3.8) is 0 Å². The molecule has 0 bridgehead atoms. The molecule has 6 nitrogen and oxygen atoms in total. The van der Waals surface area contributed by atoms with E-state index in [9.17, 15) is 0 Å². The average molecular weight is 328 g/mol. The van der Waals surface area contributed by atoms with Crippen LogP contribution in [-0.4, -0.2) is 20.1 Å².